The van der Waals surface area contributed by atoms with Crippen LogP contribution in [0.2, 0.25) is 0 Å². The molecule has 0 bridgehead atoms. The lowest BCUT2D eigenvalue weighted by atomic mass is 10.0. The first kappa shape index (κ1) is 13.0. The number of carbonyl (C=O) groups excluding carboxylic acids is 1. The predicted octanol–water partition coefficient (Wildman–Crippen LogP) is 2.73. The topological polar surface area (TPSA) is 61.5 Å². The zero-order chi connectivity index (χ0) is 13.8. The number of nitrogens with two attached hydrogens (primary N) is 1. The lowest BCUT2D eigenvalue weighted by Gasteiger charge is -2.10. The van der Waals surface area contributed by atoms with E-state index in [0.29, 0.717) is 11.3 Å². The molecule has 2 N–H and O–H groups in total. The number of ether oxygens (including phenoxy) is 2. The molecule has 19 heavy (non-hydrogen) atoms. The number of para-hydroxylation sites is 1. The Balaban J connectivity index is 2.47. The molecule has 0 amide bonds. The Morgan fingerprint density at radius 3 is 2.47 bits per heavy atom. The summed E-state index contributed by atoms with van der Waals surface area (Å²) in [6.07, 6.45) is 0. The highest BCUT2D eigenvalue weighted by molar-refractivity contribution is 5.96. The molecule has 2 aromatic carbocycles. The highest BCUT2D eigenvalue weighted by atomic mass is 16.5. The summed E-state index contributed by atoms with van der Waals surface area (Å²) < 4.78 is 9.97. The van der Waals surface area contributed by atoms with E-state index in [-0.39, 0.29) is 0 Å². The minimum Gasteiger partial charge on any atom is -0.496 e. The summed E-state index contributed by atoms with van der Waals surface area (Å²) in [5.74, 6) is 0.316. The van der Waals surface area contributed by atoms with Gasteiger partial charge >= 0.3 is 5.97 Å². The van der Waals surface area contributed by atoms with Gasteiger partial charge in [0, 0.05) is 11.3 Å². The molecular weight excluding hydrogens is 242 g/mol. The summed E-state index contributed by atoms with van der Waals surface area (Å²) in [6, 6.07) is 12.8. The molecule has 0 saturated carbocycles. The maximum Gasteiger partial charge on any atom is 0.339 e. The van der Waals surface area contributed by atoms with Gasteiger partial charge in [0.05, 0.1) is 19.8 Å². The van der Waals surface area contributed by atoms with E-state index in [0.717, 1.165) is 16.9 Å². The number of carbonyl (C=O) groups is 1. The van der Waals surface area contributed by atoms with Crippen LogP contribution in [0.25, 0.3) is 11.1 Å². The Morgan fingerprint density at radius 1 is 1.11 bits per heavy atom. The Hall–Kier alpha value is -2.49. The van der Waals surface area contributed by atoms with E-state index in [1.54, 1.807) is 19.2 Å². The molecule has 98 valence electrons. The van der Waals surface area contributed by atoms with Gasteiger partial charge in [0.2, 0.25) is 0 Å². The van der Waals surface area contributed by atoms with E-state index >= 15 is 0 Å². The summed E-state index contributed by atoms with van der Waals surface area (Å²) in [6.45, 7) is 0. The monoisotopic (exact) mass is 257 g/mol. The summed E-state index contributed by atoms with van der Waals surface area (Å²) in [5.41, 5.74) is 8.45. The summed E-state index contributed by atoms with van der Waals surface area (Å²) >= 11 is 0. The molecular formula is C15H15NO3. The minimum absolute atomic E-state index is 0.362. The van der Waals surface area contributed by atoms with Gasteiger partial charge in [0.15, 0.2) is 0 Å². The second-order valence-corrected chi connectivity index (χ2v) is 3.99. The number of hydrogen-bond acceptors (Lipinski definition) is 4. The first-order chi connectivity index (χ1) is 9.17. The Bertz CT molecular complexity index is 608. The standard InChI is InChI=1S/C15H15NO3/c1-18-14-6-4-3-5-11(14)10-7-8-12(13(16)9-10)15(17)19-2/h3-9H,16H2,1-2H3. The molecule has 2 rings (SSSR count). The quantitative estimate of drug-likeness (QED) is 0.678. The predicted molar refractivity (Wildman–Crippen MR) is 74.2 cm³/mol. The molecule has 0 aromatic heterocycles. The lowest BCUT2D eigenvalue weighted by molar-refractivity contribution is 0.0602. The number of nitrogen functional groups attached to an aromatic ring is 1. The van der Waals surface area contributed by atoms with Crippen LogP contribution in [0.3, 0.4) is 0 Å². The molecule has 0 radical (unpaired) electrons. The molecule has 0 unspecified atom stereocenters. The number of anilines is 1. The third-order valence-corrected chi connectivity index (χ3v) is 2.87. The maximum absolute atomic E-state index is 11.5. The highest BCUT2D eigenvalue weighted by Crippen LogP contribution is 2.31. The Morgan fingerprint density at radius 2 is 1.84 bits per heavy atom. The van der Waals surface area contributed by atoms with Crippen molar-refractivity contribution in [1.29, 1.82) is 0 Å². The fraction of sp³-hybridized carbons (Fsp3) is 0.133. The van der Waals surface area contributed by atoms with Crippen LogP contribution in [-0.4, -0.2) is 20.2 Å². The molecule has 0 saturated heterocycles. The van der Waals surface area contributed by atoms with Gasteiger partial charge in [-0.05, 0) is 23.8 Å². The van der Waals surface area contributed by atoms with Crippen molar-refractivity contribution in [2.24, 2.45) is 0 Å². The molecule has 0 heterocycles. The smallest absolute Gasteiger partial charge is 0.339 e. The van der Waals surface area contributed by atoms with Crippen molar-refractivity contribution in [3.8, 4) is 16.9 Å². The SMILES string of the molecule is COC(=O)c1ccc(-c2ccccc2OC)cc1N. The first-order valence-corrected chi connectivity index (χ1v) is 5.78. The van der Waals surface area contributed by atoms with Crippen LogP contribution in [0, 0.1) is 0 Å². The van der Waals surface area contributed by atoms with Crippen LogP contribution >= 0.6 is 0 Å². The van der Waals surface area contributed by atoms with Crippen molar-refractivity contribution in [3.05, 3.63) is 48.0 Å². The zero-order valence-electron chi connectivity index (χ0n) is 10.8. The normalized spacial score (nSPS) is 10.0. The first-order valence-electron chi connectivity index (χ1n) is 5.78. The van der Waals surface area contributed by atoms with E-state index in [2.05, 4.69) is 4.74 Å². The Labute approximate surface area is 111 Å². The van der Waals surface area contributed by atoms with Crippen LogP contribution in [0.5, 0.6) is 5.75 Å². The number of hydrogen-bond donors (Lipinski definition) is 1. The van der Waals surface area contributed by atoms with E-state index in [4.69, 9.17) is 10.5 Å². The van der Waals surface area contributed by atoms with Gasteiger partial charge in [-0.25, -0.2) is 4.79 Å². The van der Waals surface area contributed by atoms with Crippen LogP contribution in [0.4, 0.5) is 5.69 Å². The number of rotatable bonds is 3. The van der Waals surface area contributed by atoms with Gasteiger partial charge < -0.3 is 15.2 Å². The summed E-state index contributed by atoms with van der Waals surface area (Å²) in [4.78, 5) is 11.5. The molecule has 0 atom stereocenters. The van der Waals surface area contributed by atoms with E-state index in [1.165, 1.54) is 7.11 Å². The molecule has 0 fully saturated rings. The van der Waals surface area contributed by atoms with E-state index in [1.807, 2.05) is 30.3 Å². The molecule has 0 aliphatic carbocycles. The van der Waals surface area contributed by atoms with Gasteiger partial charge in [-0.15, -0.1) is 0 Å². The zero-order valence-corrected chi connectivity index (χ0v) is 10.8. The van der Waals surface area contributed by atoms with E-state index in [9.17, 15) is 4.79 Å². The summed E-state index contributed by atoms with van der Waals surface area (Å²) in [7, 11) is 2.95. The molecule has 4 heteroatoms. The molecule has 0 aliphatic heterocycles. The number of esters is 1. The van der Waals surface area contributed by atoms with Crippen molar-refractivity contribution >= 4 is 11.7 Å². The number of benzene rings is 2. The second-order valence-electron chi connectivity index (χ2n) is 3.99. The second kappa shape index (κ2) is 5.44. The third kappa shape index (κ3) is 2.52. The molecule has 0 spiro atoms. The molecule has 2 aromatic rings. The van der Waals surface area contributed by atoms with Crippen LogP contribution in [-0.2, 0) is 4.74 Å². The van der Waals surface area contributed by atoms with Crippen LogP contribution < -0.4 is 10.5 Å². The van der Waals surface area contributed by atoms with Gasteiger partial charge in [0.25, 0.3) is 0 Å². The maximum atomic E-state index is 11.5. The number of methoxy groups -OCH3 is 2. The lowest BCUT2D eigenvalue weighted by Crippen LogP contribution is -2.05. The van der Waals surface area contributed by atoms with Crippen molar-refractivity contribution in [2.75, 3.05) is 20.0 Å². The van der Waals surface area contributed by atoms with Gasteiger partial charge in [-0.3, -0.25) is 0 Å². The van der Waals surface area contributed by atoms with Gasteiger partial charge in [0.1, 0.15) is 5.75 Å². The van der Waals surface area contributed by atoms with Gasteiger partial charge in [-0.2, -0.15) is 0 Å². The highest BCUT2D eigenvalue weighted by Gasteiger charge is 2.12. The minimum atomic E-state index is -0.441. The van der Waals surface area contributed by atoms with E-state index < -0.39 is 5.97 Å². The van der Waals surface area contributed by atoms with Crippen LogP contribution in [0.1, 0.15) is 10.4 Å². The summed E-state index contributed by atoms with van der Waals surface area (Å²) in [5, 5.41) is 0. The van der Waals surface area contributed by atoms with Crippen LogP contribution in [0.15, 0.2) is 42.5 Å². The van der Waals surface area contributed by atoms with Crippen molar-refractivity contribution in [2.45, 2.75) is 0 Å². The average Bonchev–Trinajstić information content (AvgIpc) is 2.46. The largest absolute Gasteiger partial charge is 0.496 e. The fourth-order valence-corrected chi connectivity index (χ4v) is 1.91. The molecule has 4 nitrogen and oxygen atoms in total. The third-order valence-electron chi connectivity index (χ3n) is 2.87. The average molecular weight is 257 g/mol. The van der Waals surface area contributed by atoms with Gasteiger partial charge in [-0.1, -0.05) is 24.3 Å². The van der Waals surface area contributed by atoms with Crippen molar-refractivity contribution in [3.63, 3.8) is 0 Å². The fourth-order valence-electron chi connectivity index (χ4n) is 1.91. The molecule has 0 aliphatic rings. The van der Waals surface area contributed by atoms with Crippen molar-refractivity contribution in [1.82, 2.24) is 0 Å². The van der Waals surface area contributed by atoms with Crippen molar-refractivity contribution < 1.29 is 14.3 Å². The Kier molecular flexibility index (Phi) is 3.71.